The quantitative estimate of drug-likeness (QED) is 0.928. The standard InChI is InChI=1S/C13H17BrN2O/c1-9-7-13-11(8-12(9)14)3-5-16(13)6-4-15-10(2)17/h7-8H,3-6H2,1-2H3,(H,15,17). The first-order valence-electron chi connectivity index (χ1n) is 5.86. The number of rotatable bonds is 3. The Labute approximate surface area is 110 Å². The van der Waals surface area contributed by atoms with E-state index in [1.807, 2.05) is 0 Å². The summed E-state index contributed by atoms with van der Waals surface area (Å²) < 4.78 is 1.18. The Kier molecular flexibility index (Phi) is 3.72. The molecule has 4 heteroatoms. The van der Waals surface area contributed by atoms with Gasteiger partial charge in [-0.05, 0) is 36.6 Å². The van der Waals surface area contributed by atoms with E-state index in [1.165, 1.54) is 21.3 Å². The number of amides is 1. The maximum atomic E-state index is 10.8. The van der Waals surface area contributed by atoms with Gasteiger partial charge in [0.15, 0.2) is 0 Å². The summed E-state index contributed by atoms with van der Waals surface area (Å²) in [6, 6.07) is 4.43. The first-order chi connectivity index (χ1) is 8.08. The molecule has 0 unspecified atom stereocenters. The van der Waals surface area contributed by atoms with Gasteiger partial charge in [-0.3, -0.25) is 4.79 Å². The smallest absolute Gasteiger partial charge is 0.216 e. The third kappa shape index (κ3) is 2.80. The Balaban J connectivity index is 2.06. The molecule has 1 N–H and O–H groups in total. The molecule has 0 atom stereocenters. The van der Waals surface area contributed by atoms with Crippen LogP contribution >= 0.6 is 15.9 Å². The molecule has 1 aliphatic heterocycles. The van der Waals surface area contributed by atoms with Crippen LogP contribution in [0, 0.1) is 6.92 Å². The van der Waals surface area contributed by atoms with Gasteiger partial charge in [0.05, 0.1) is 0 Å². The molecule has 1 amide bonds. The monoisotopic (exact) mass is 296 g/mol. The highest BCUT2D eigenvalue weighted by Gasteiger charge is 2.19. The van der Waals surface area contributed by atoms with E-state index in [-0.39, 0.29) is 5.91 Å². The Hall–Kier alpha value is -1.03. The molecule has 0 saturated carbocycles. The Bertz CT molecular complexity index is 445. The van der Waals surface area contributed by atoms with Crippen LogP contribution < -0.4 is 10.2 Å². The summed E-state index contributed by atoms with van der Waals surface area (Å²) in [5.74, 6) is 0.0383. The fourth-order valence-electron chi connectivity index (χ4n) is 2.18. The van der Waals surface area contributed by atoms with E-state index >= 15 is 0 Å². The number of anilines is 1. The van der Waals surface area contributed by atoms with E-state index < -0.39 is 0 Å². The molecule has 0 radical (unpaired) electrons. The lowest BCUT2D eigenvalue weighted by molar-refractivity contribution is -0.118. The van der Waals surface area contributed by atoms with E-state index in [4.69, 9.17) is 0 Å². The first kappa shape index (κ1) is 12.4. The molecule has 3 nitrogen and oxygen atoms in total. The summed E-state index contributed by atoms with van der Waals surface area (Å²) in [4.78, 5) is 13.2. The van der Waals surface area contributed by atoms with Gasteiger partial charge in [0.25, 0.3) is 0 Å². The summed E-state index contributed by atoms with van der Waals surface area (Å²) in [7, 11) is 0. The van der Waals surface area contributed by atoms with Gasteiger partial charge in [0, 0.05) is 36.7 Å². The van der Waals surface area contributed by atoms with Crippen LogP contribution in [0.1, 0.15) is 18.1 Å². The predicted octanol–water partition coefficient (Wildman–Crippen LogP) is 2.26. The molecule has 0 aromatic heterocycles. The lowest BCUT2D eigenvalue weighted by Crippen LogP contribution is -2.32. The molecule has 0 saturated heterocycles. The number of fused-ring (bicyclic) bond motifs is 1. The molecule has 1 aromatic rings. The van der Waals surface area contributed by atoms with Crippen LogP contribution in [-0.4, -0.2) is 25.5 Å². The Morgan fingerprint density at radius 2 is 2.29 bits per heavy atom. The molecule has 1 aliphatic rings. The zero-order valence-corrected chi connectivity index (χ0v) is 11.8. The topological polar surface area (TPSA) is 32.3 Å². The summed E-state index contributed by atoms with van der Waals surface area (Å²) in [5, 5.41) is 2.84. The van der Waals surface area contributed by atoms with E-state index in [1.54, 1.807) is 6.92 Å². The van der Waals surface area contributed by atoms with E-state index in [0.29, 0.717) is 6.54 Å². The number of benzene rings is 1. The predicted molar refractivity (Wildman–Crippen MR) is 73.5 cm³/mol. The van der Waals surface area contributed by atoms with Crippen LogP contribution in [0.4, 0.5) is 5.69 Å². The van der Waals surface area contributed by atoms with Crippen molar-refractivity contribution in [2.24, 2.45) is 0 Å². The number of hydrogen-bond acceptors (Lipinski definition) is 2. The molecular formula is C13H17BrN2O. The van der Waals surface area contributed by atoms with E-state index in [2.05, 4.69) is 45.2 Å². The maximum absolute atomic E-state index is 10.8. The average molecular weight is 297 g/mol. The highest BCUT2D eigenvalue weighted by atomic mass is 79.9. The normalized spacial score (nSPS) is 13.7. The van der Waals surface area contributed by atoms with Crippen LogP contribution in [0.15, 0.2) is 16.6 Å². The number of carbonyl (C=O) groups is 1. The fraction of sp³-hybridized carbons (Fsp3) is 0.462. The Morgan fingerprint density at radius 1 is 1.53 bits per heavy atom. The van der Waals surface area contributed by atoms with Gasteiger partial charge in [-0.15, -0.1) is 0 Å². The zero-order valence-electron chi connectivity index (χ0n) is 10.2. The maximum Gasteiger partial charge on any atom is 0.216 e. The van der Waals surface area contributed by atoms with Gasteiger partial charge in [0.2, 0.25) is 5.91 Å². The van der Waals surface area contributed by atoms with Crippen molar-refractivity contribution in [3.63, 3.8) is 0 Å². The van der Waals surface area contributed by atoms with Gasteiger partial charge in [-0.25, -0.2) is 0 Å². The van der Waals surface area contributed by atoms with Gasteiger partial charge in [-0.2, -0.15) is 0 Å². The highest BCUT2D eigenvalue weighted by Crippen LogP contribution is 2.32. The molecule has 1 heterocycles. The van der Waals surface area contributed by atoms with Crippen LogP contribution in [0.5, 0.6) is 0 Å². The van der Waals surface area contributed by atoms with Crippen LogP contribution in [0.2, 0.25) is 0 Å². The van der Waals surface area contributed by atoms with Crippen molar-refractivity contribution in [2.75, 3.05) is 24.5 Å². The lowest BCUT2D eigenvalue weighted by atomic mass is 10.1. The number of nitrogens with one attached hydrogen (secondary N) is 1. The number of halogens is 1. The lowest BCUT2D eigenvalue weighted by Gasteiger charge is -2.20. The summed E-state index contributed by atoms with van der Waals surface area (Å²) in [6.07, 6.45) is 1.09. The largest absolute Gasteiger partial charge is 0.369 e. The van der Waals surface area contributed by atoms with Crippen molar-refractivity contribution >= 4 is 27.5 Å². The van der Waals surface area contributed by atoms with Crippen LogP contribution in [0.25, 0.3) is 0 Å². The summed E-state index contributed by atoms with van der Waals surface area (Å²) >= 11 is 3.56. The molecule has 17 heavy (non-hydrogen) atoms. The van der Waals surface area contributed by atoms with Crippen molar-refractivity contribution in [2.45, 2.75) is 20.3 Å². The van der Waals surface area contributed by atoms with Gasteiger partial charge < -0.3 is 10.2 Å². The van der Waals surface area contributed by atoms with Crippen molar-refractivity contribution in [3.8, 4) is 0 Å². The third-order valence-corrected chi connectivity index (χ3v) is 3.96. The third-order valence-electron chi connectivity index (χ3n) is 3.11. The van der Waals surface area contributed by atoms with Crippen molar-refractivity contribution in [3.05, 3.63) is 27.7 Å². The number of hydrogen-bond donors (Lipinski definition) is 1. The second-order valence-corrected chi connectivity index (χ2v) is 5.30. The minimum absolute atomic E-state index is 0.0383. The highest BCUT2D eigenvalue weighted by molar-refractivity contribution is 9.10. The van der Waals surface area contributed by atoms with E-state index in [9.17, 15) is 4.79 Å². The minimum Gasteiger partial charge on any atom is -0.369 e. The molecule has 0 spiro atoms. The number of nitrogens with zero attached hydrogens (tertiary/aromatic N) is 1. The molecule has 92 valence electrons. The summed E-state index contributed by atoms with van der Waals surface area (Å²) in [5.41, 5.74) is 3.97. The molecule has 0 bridgehead atoms. The number of carbonyl (C=O) groups excluding carboxylic acids is 1. The van der Waals surface area contributed by atoms with Crippen molar-refractivity contribution in [1.82, 2.24) is 5.32 Å². The fourth-order valence-corrected chi connectivity index (χ4v) is 2.57. The SMILES string of the molecule is CC(=O)NCCN1CCc2cc(Br)c(C)cc21. The second-order valence-electron chi connectivity index (χ2n) is 4.45. The summed E-state index contributed by atoms with van der Waals surface area (Å²) in [6.45, 7) is 6.30. The minimum atomic E-state index is 0.0383. The van der Waals surface area contributed by atoms with Crippen LogP contribution in [0.3, 0.4) is 0 Å². The van der Waals surface area contributed by atoms with Gasteiger partial charge in [0.1, 0.15) is 0 Å². The van der Waals surface area contributed by atoms with Crippen molar-refractivity contribution < 1.29 is 4.79 Å². The molecular weight excluding hydrogens is 280 g/mol. The van der Waals surface area contributed by atoms with Gasteiger partial charge in [-0.1, -0.05) is 15.9 Å². The van der Waals surface area contributed by atoms with Crippen LogP contribution in [-0.2, 0) is 11.2 Å². The Morgan fingerprint density at radius 3 is 3.00 bits per heavy atom. The van der Waals surface area contributed by atoms with E-state index in [0.717, 1.165) is 19.5 Å². The second kappa shape index (κ2) is 5.08. The first-order valence-corrected chi connectivity index (χ1v) is 6.65. The molecule has 0 fully saturated rings. The van der Waals surface area contributed by atoms with Gasteiger partial charge >= 0.3 is 0 Å². The molecule has 2 rings (SSSR count). The molecule has 0 aliphatic carbocycles. The molecule has 1 aromatic carbocycles. The average Bonchev–Trinajstić information content (AvgIpc) is 2.62. The van der Waals surface area contributed by atoms with Crippen molar-refractivity contribution in [1.29, 1.82) is 0 Å². The zero-order chi connectivity index (χ0) is 12.4. The number of aryl methyl sites for hydroxylation is 1.